The monoisotopic (exact) mass is 335 g/mol. The molecule has 23 heavy (non-hydrogen) atoms. The molecule has 0 saturated carbocycles. The van der Waals surface area contributed by atoms with Crippen molar-refractivity contribution in [2.75, 3.05) is 6.54 Å². The fraction of sp³-hybridized carbons (Fsp3) is 0.471. The van der Waals surface area contributed by atoms with E-state index in [0.717, 1.165) is 12.0 Å². The molecule has 0 aliphatic heterocycles. The van der Waals surface area contributed by atoms with Crippen molar-refractivity contribution in [3.63, 3.8) is 0 Å². The van der Waals surface area contributed by atoms with E-state index in [4.69, 9.17) is 0 Å². The van der Waals surface area contributed by atoms with Gasteiger partial charge in [-0.1, -0.05) is 58.0 Å². The molecule has 0 atom stereocenters. The van der Waals surface area contributed by atoms with Crippen LogP contribution < -0.4 is 4.72 Å². The van der Waals surface area contributed by atoms with E-state index in [1.165, 1.54) is 0 Å². The molecule has 2 aromatic rings. The normalized spacial score (nSPS) is 12.5. The fourth-order valence-corrected chi connectivity index (χ4v) is 3.78. The van der Waals surface area contributed by atoms with Crippen molar-refractivity contribution >= 4 is 10.0 Å². The van der Waals surface area contributed by atoms with Crippen molar-refractivity contribution in [2.24, 2.45) is 0 Å². The molecule has 0 unspecified atom stereocenters. The highest BCUT2D eigenvalue weighted by Crippen LogP contribution is 2.27. The zero-order valence-corrected chi connectivity index (χ0v) is 15.0. The quantitative estimate of drug-likeness (QED) is 0.883. The van der Waals surface area contributed by atoms with Crippen LogP contribution in [0.2, 0.25) is 0 Å². The molecule has 2 rings (SSSR count). The molecule has 0 amide bonds. The Labute approximate surface area is 138 Å². The Morgan fingerprint density at radius 1 is 1.17 bits per heavy atom. The number of hydrogen-bond donors (Lipinski definition) is 1. The molecule has 0 aliphatic carbocycles. The van der Waals surface area contributed by atoms with Crippen LogP contribution in [0.15, 0.2) is 41.4 Å². The zero-order chi connectivity index (χ0) is 17.1. The van der Waals surface area contributed by atoms with Gasteiger partial charge in [-0.05, 0) is 12.0 Å². The highest BCUT2D eigenvalue weighted by atomic mass is 32.2. The Hall–Kier alpha value is -1.66. The minimum atomic E-state index is -3.54. The van der Waals surface area contributed by atoms with Gasteiger partial charge in [0.15, 0.2) is 0 Å². The van der Waals surface area contributed by atoms with Gasteiger partial charge in [0.25, 0.3) is 0 Å². The van der Waals surface area contributed by atoms with Crippen LogP contribution in [-0.4, -0.2) is 24.7 Å². The maximum absolute atomic E-state index is 12.6. The number of nitrogens with zero attached hydrogens (tertiary/aromatic N) is 2. The average Bonchev–Trinajstić information content (AvgIpc) is 2.91. The first-order chi connectivity index (χ1) is 10.7. The molecular formula is C17H25N3O2S. The second-order valence-electron chi connectivity index (χ2n) is 6.67. The van der Waals surface area contributed by atoms with Gasteiger partial charge in [-0.3, -0.25) is 4.68 Å². The second kappa shape index (κ2) is 6.84. The van der Waals surface area contributed by atoms with Gasteiger partial charge >= 0.3 is 0 Å². The minimum Gasteiger partial charge on any atom is -0.267 e. The van der Waals surface area contributed by atoms with Gasteiger partial charge in [0.1, 0.15) is 4.90 Å². The van der Waals surface area contributed by atoms with Crippen LogP contribution in [0.1, 0.15) is 45.4 Å². The third kappa shape index (κ3) is 4.42. The van der Waals surface area contributed by atoms with E-state index >= 15 is 0 Å². The summed E-state index contributed by atoms with van der Waals surface area (Å²) in [6.07, 6.45) is 2.38. The van der Waals surface area contributed by atoms with Crippen LogP contribution >= 0.6 is 0 Å². The average molecular weight is 335 g/mol. The first kappa shape index (κ1) is 17.7. The Balaban J connectivity index is 2.41. The molecule has 0 saturated heterocycles. The molecule has 0 fully saturated rings. The maximum atomic E-state index is 12.6. The van der Waals surface area contributed by atoms with Crippen molar-refractivity contribution in [1.29, 1.82) is 0 Å². The van der Waals surface area contributed by atoms with Gasteiger partial charge in [-0.2, -0.15) is 5.10 Å². The number of rotatable bonds is 6. The highest BCUT2D eigenvalue weighted by Gasteiger charge is 2.29. The lowest BCUT2D eigenvalue weighted by atomic mass is 9.92. The van der Waals surface area contributed by atoms with Gasteiger partial charge in [-0.25, -0.2) is 13.1 Å². The van der Waals surface area contributed by atoms with Crippen molar-refractivity contribution in [2.45, 2.75) is 51.0 Å². The summed E-state index contributed by atoms with van der Waals surface area (Å²) < 4.78 is 29.5. The van der Waals surface area contributed by atoms with Crippen LogP contribution in [0.3, 0.4) is 0 Å². The summed E-state index contributed by atoms with van der Waals surface area (Å²) in [6.45, 7) is 8.83. The largest absolute Gasteiger partial charge is 0.267 e. The van der Waals surface area contributed by atoms with Gasteiger partial charge in [0, 0.05) is 18.2 Å². The molecule has 0 radical (unpaired) electrons. The Bertz CT molecular complexity index is 744. The van der Waals surface area contributed by atoms with Crippen molar-refractivity contribution in [3.05, 3.63) is 47.8 Å². The molecule has 0 aliphatic rings. The summed E-state index contributed by atoms with van der Waals surface area (Å²) in [4.78, 5) is 0.273. The summed E-state index contributed by atoms with van der Waals surface area (Å²) in [5.41, 5.74) is 1.33. The SMILES string of the molecule is CCCNS(=O)(=O)c1cn(Cc2ccccc2)nc1C(C)(C)C. The summed E-state index contributed by atoms with van der Waals surface area (Å²) in [7, 11) is -3.54. The molecule has 1 aromatic heterocycles. The van der Waals surface area contributed by atoms with Gasteiger partial charge in [0.05, 0.1) is 12.2 Å². The minimum absolute atomic E-state index is 0.273. The molecule has 6 heteroatoms. The lowest BCUT2D eigenvalue weighted by molar-refractivity contribution is 0.531. The smallest absolute Gasteiger partial charge is 0.243 e. The zero-order valence-electron chi connectivity index (χ0n) is 14.2. The molecule has 1 N–H and O–H groups in total. The third-order valence-corrected chi connectivity index (χ3v) is 4.92. The first-order valence-electron chi connectivity index (χ1n) is 7.85. The van der Waals surface area contributed by atoms with Crippen molar-refractivity contribution < 1.29 is 8.42 Å². The molecule has 0 spiro atoms. The highest BCUT2D eigenvalue weighted by molar-refractivity contribution is 7.89. The number of nitrogens with one attached hydrogen (secondary N) is 1. The summed E-state index contributed by atoms with van der Waals surface area (Å²) in [5, 5.41) is 4.55. The van der Waals surface area contributed by atoms with Crippen LogP contribution in [0.5, 0.6) is 0 Å². The van der Waals surface area contributed by atoms with Crippen molar-refractivity contribution in [1.82, 2.24) is 14.5 Å². The Morgan fingerprint density at radius 2 is 1.83 bits per heavy atom. The van der Waals surface area contributed by atoms with Crippen LogP contribution in [0.4, 0.5) is 0 Å². The maximum Gasteiger partial charge on any atom is 0.243 e. The predicted octanol–water partition coefficient (Wildman–Crippen LogP) is 2.92. The van der Waals surface area contributed by atoms with E-state index in [9.17, 15) is 8.42 Å². The van der Waals surface area contributed by atoms with Crippen LogP contribution in [0, 0.1) is 0 Å². The van der Waals surface area contributed by atoms with Gasteiger partial charge in [0.2, 0.25) is 10.0 Å². The molecular weight excluding hydrogens is 310 g/mol. The Kier molecular flexibility index (Phi) is 5.26. The second-order valence-corrected chi connectivity index (χ2v) is 8.41. The van der Waals surface area contributed by atoms with Crippen LogP contribution in [0.25, 0.3) is 0 Å². The number of hydrogen-bond acceptors (Lipinski definition) is 3. The molecule has 1 heterocycles. The summed E-state index contributed by atoms with van der Waals surface area (Å²) >= 11 is 0. The van der Waals surface area contributed by atoms with Gasteiger partial charge < -0.3 is 0 Å². The van der Waals surface area contributed by atoms with E-state index in [1.54, 1.807) is 10.9 Å². The summed E-state index contributed by atoms with van der Waals surface area (Å²) in [5.74, 6) is 0. The molecule has 5 nitrogen and oxygen atoms in total. The topological polar surface area (TPSA) is 64.0 Å². The van der Waals surface area contributed by atoms with E-state index in [2.05, 4.69) is 9.82 Å². The van der Waals surface area contributed by atoms with E-state index in [1.807, 2.05) is 58.0 Å². The lowest BCUT2D eigenvalue weighted by Crippen LogP contribution is -2.27. The summed E-state index contributed by atoms with van der Waals surface area (Å²) in [6, 6.07) is 9.88. The van der Waals surface area contributed by atoms with E-state index < -0.39 is 10.0 Å². The lowest BCUT2D eigenvalue weighted by Gasteiger charge is -2.17. The molecule has 1 aromatic carbocycles. The fourth-order valence-electron chi connectivity index (χ4n) is 2.28. The first-order valence-corrected chi connectivity index (χ1v) is 9.34. The number of benzene rings is 1. The van der Waals surface area contributed by atoms with E-state index in [-0.39, 0.29) is 10.3 Å². The number of sulfonamides is 1. The molecule has 126 valence electrons. The van der Waals surface area contributed by atoms with Gasteiger partial charge in [-0.15, -0.1) is 0 Å². The number of aromatic nitrogens is 2. The third-order valence-electron chi connectivity index (χ3n) is 3.46. The van der Waals surface area contributed by atoms with Crippen LogP contribution in [-0.2, 0) is 22.0 Å². The Morgan fingerprint density at radius 3 is 2.39 bits per heavy atom. The van der Waals surface area contributed by atoms with Crippen molar-refractivity contribution in [3.8, 4) is 0 Å². The molecule has 0 bridgehead atoms. The van der Waals surface area contributed by atoms with E-state index in [0.29, 0.717) is 18.8 Å². The predicted molar refractivity (Wildman–Crippen MR) is 92.0 cm³/mol. The standard InChI is InChI=1S/C17H25N3O2S/c1-5-11-18-23(21,22)15-13-20(19-16(15)17(2,3)4)12-14-9-7-6-8-10-14/h6-10,13,18H,5,11-12H2,1-4H3.